The minimum absolute atomic E-state index is 0.188. The number of anilines is 1. The molecule has 0 fully saturated rings. The predicted octanol–water partition coefficient (Wildman–Crippen LogP) is 3.06. The molecule has 82 valence electrons. The lowest BCUT2D eigenvalue weighted by molar-refractivity contribution is 0.474. The number of thiazole rings is 1. The van der Waals surface area contributed by atoms with Gasteiger partial charge in [-0.15, -0.1) is 11.3 Å². The van der Waals surface area contributed by atoms with E-state index in [1.807, 2.05) is 5.38 Å². The van der Waals surface area contributed by atoms with Crippen LogP contribution in [-0.4, -0.2) is 16.3 Å². The second-order valence-electron chi connectivity index (χ2n) is 2.91. The summed E-state index contributed by atoms with van der Waals surface area (Å²) in [5, 5.41) is 16.1. The summed E-state index contributed by atoms with van der Waals surface area (Å²) < 4.78 is 0.890. The lowest BCUT2D eigenvalue weighted by Crippen LogP contribution is -1.90. The number of rotatable bonds is 3. The fraction of sp³-hybridized carbons (Fsp3) is 0. The fourth-order valence-electron chi connectivity index (χ4n) is 1.06. The van der Waals surface area contributed by atoms with Crippen LogP contribution in [0.3, 0.4) is 0 Å². The molecule has 1 aromatic heterocycles. The van der Waals surface area contributed by atoms with Crippen LogP contribution >= 0.6 is 27.3 Å². The highest BCUT2D eigenvalue weighted by Gasteiger charge is 1.98. The Bertz CT molecular complexity index is 499. The normalized spacial score (nSPS) is 10.8. The van der Waals surface area contributed by atoms with Crippen LogP contribution in [0, 0.1) is 0 Å². The van der Waals surface area contributed by atoms with Crippen molar-refractivity contribution in [3.63, 3.8) is 0 Å². The molecular weight excluding hydrogens is 290 g/mol. The van der Waals surface area contributed by atoms with Crippen molar-refractivity contribution >= 4 is 38.6 Å². The van der Waals surface area contributed by atoms with E-state index in [9.17, 15) is 5.11 Å². The van der Waals surface area contributed by atoms with E-state index >= 15 is 0 Å². The first-order valence-corrected chi connectivity index (χ1v) is 6.10. The van der Waals surface area contributed by atoms with Gasteiger partial charge in [-0.2, -0.15) is 5.10 Å². The molecule has 0 saturated carbocycles. The van der Waals surface area contributed by atoms with Crippen molar-refractivity contribution in [1.82, 2.24) is 4.98 Å². The molecule has 2 rings (SSSR count). The molecule has 0 bridgehead atoms. The SMILES string of the molecule is Oc1ccc(Br)cc1C=NNc1nccs1. The lowest BCUT2D eigenvalue weighted by Gasteiger charge is -1.99. The van der Waals surface area contributed by atoms with E-state index < -0.39 is 0 Å². The Kier molecular flexibility index (Phi) is 3.53. The van der Waals surface area contributed by atoms with Gasteiger partial charge in [0.05, 0.1) is 6.21 Å². The molecule has 0 radical (unpaired) electrons. The van der Waals surface area contributed by atoms with Crippen LogP contribution in [0.1, 0.15) is 5.56 Å². The molecule has 0 aliphatic rings. The number of aromatic hydroxyl groups is 1. The zero-order valence-corrected chi connectivity index (χ0v) is 10.5. The molecule has 1 heterocycles. The molecule has 4 nitrogen and oxygen atoms in total. The van der Waals surface area contributed by atoms with Crippen molar-refractivity contribution in [2.75, 3.05) is 5.43 Å². The summed E-state index contributed by atoms with van der Waals surface area (Å²) in [4.78, 5) is 4.01. The Morgan fingerprint density at radius 1 is 1.50 bits per heavy atom. The van der Waals surface area contributed by atoms with Gasteiger partial charge in [0.15, 0.2) is 0 Å². The van der Waals surface area contributed by atoms with Crippen molar-refractivity contribution in [1.29, 1.82) is 0 Å². The van der Waals surface area contributed by atoms with Gasteiger partial charge in [0, 0.05) is 21.6 Å². The Balaban J connectivity index is 2.08. The fourth-order valence-corrected chi connectivity index (χ4v) is 1.92. The highest BCUT2D eigenvalue weighted by atomic mass is 79.9. The highest BCUT2D eigenvalue weighted by molar-refractivity contribution is 9.10. The molecule has 16 heavy (non-hydrogen) atoms. The van der Waals surface area contributed by atoms with Gasteiger partial charge in [0.2, 0.25) is 5.13 Å². The maximum absolute atomic E-state index is 9.54. The number of hydrazone groups is 1. The lowest BCUT2D eigenvalue weighted by atomic mass is 10.2. The van der Waals surface area contributed by atoms with Crippen LogP contribution in [0.15, 0.2) is 39.4 Å². The first-order chi connectivity index (χ1) is 7.75. The van der Waals surface area contributed by atoms with Crippen molar-refractivity contribution < 1.29 is 5.11 Å². The third kappa shape index (κ3) is 2.80. The molecule has 6 heteroatoms. The molecule has 0 aliphatic heterocycles. The Labute approximate surface area is 105 Å². The van der Waals surface area contributed by atoms with E-state index in [4.69, 9.17) is 0 Å². The van der Waals surface area contributed by atoms with Crippen LogP contribution in [0.25, 0.3) is 0 Å². The first-order valence-electron chi connectivity index (χ1n) is 4.43. The maximum atomic E-state index is 9.54. The van der Waals surface area contributed by atoms with E-state index in [0.717, 1.165) is 4.47 Å². The third-order valence-corrected chi connectivity index (χ3v) is 2.96. The summed E-state index contributed by atoms with van der Waals surface area (Å²) in [6.45, 7) is 0. The maximum Gasteiger partial charge on any atom is 0.203 e. The van der Waals surface area contributed by atoms with Gasteiger partial charge in [-0.1, -0.05) is 15.9 Å². The largest absolute Gasteiger partial charge is 0.507 e. The Morgan fingerprint density at radius 2 is 2.38 bits per heavy atom. The molecule has 0 atom stereocenters. The number of phenolic OH excluding ortho intramolecular Hbond substituents is 1. The summed E-state index contributed by atoms with van der Waals surface area (Å²) in [6.07, 6.45) is 3.24. The van der Waals surface area contributed by atoms with Crippen LogP contribution in [-0.2, 0) is 0 Å². The van der Waals surface area contributed by atoms with Crippen molar-refractivity contribution in [2.24, 2.45) is 5.10 Å². The molecule has 0 spiro atoms. The zero-order chi connectivity index (χ0) is 11.4. The van der Waals surface area contributed by atoms with Gasteiger partial charge in [-0.25, -0.2) is 4.98 Å². The second-order valence-corrected chi connectivity index (χ2v) is 4.72. The summed E-state index contributed by atoms with van der Waals surface area (Å²) in [5.41, 5.74) is 3.41. The molecule has 2 N–H and O–H groups in total. The number of nitrogens with one attached hydrogen (secondary N) is 1. The molecule has 0 saturated heterocycles. The third-order valence-electron chi connectivity index (χ3n) is 1.79. The summed E-state index contributed by atoms with van der Waals surface area (Å²) in [6, 6.07) is 5.15. The molecule has 1 aromatic carbocycles. The number of hydrogen-bond acceptors (Lipinski definition) is 5. The Morgan fingerprint density at radius 3 is 3.12 bits per heavy atom. The standard InChI is InChI=1S/C10H8BrN3OS/c11-8-1-2-9(15)7(5-8)6-13-14-10-12-3-4-16-10/h1-6,15H,(H,12,14). The van der Waals surface area contributed by atoms with Crippen LogP contribution in [0.5, 0.6) is 5.75 Å². The average Bonchev–Trinajstić information content (AvgIpc) is 2.76. The van der Waals surface area contributed by atoms with E-state index in [1.54, 1.807) is 30.6 Å². The van der Waals surface area contributed by atoms with Crippen molar-refractivity contribution in [3.05, 3.63) is 39.8 Å². The average molecular weight is 298 g/mol. The number of nitrogens with zero attached hydrogens (tertiary/aromatic N) is 2. The summed E-state index contributed by atoms with van der Waals surface area (Å²) in [5.74, 6) is 0.188. The number of phenols is 1. The topological polar surface area (TPSA) is 57.5 Å². The van der Waals surface area contributed by atoms with Crippen LogP contribution < -0.4 is 5.43 Å². The smallest absolute Gasteiger partial charge is 0.203 e. The minimum atomic E-state index is 0.188. The van der Waals surface area contributed by atoms with Crippen molar-refractivity contribution in [2.45, 2.75) is 0 Å². The molecule has 0 aliphatic carbocycles. The van der Waals surface area contributed by atoms with E-state index in [0.29, 0.717) is 10.7 Å². The van der Waals surface area contributed by atoms with Gasteiger partial charge in [-0.05, 0) is 18.2 Å². The summed E-state index contributed by atoms with van der Waals surface area (Å²) >= 11 is 4.78. The van der Waals surface area contributed by atoms with Gasteiger partial charge in [-0.3, -0.25) is 5.43 Å². The predicted molar refractivity (Wildman–Crippen MR) is 69.1 cm³/mol. The number of hydrogen-bond donors (Lipinski definition) is 2. The number of halogens is 1. The van der Waals surface area contributed by atoms with Gasteiger partial charge < -0.3 is 5.11 Å². The second kappa shape index (κ2) is 5.09. The minimum Gasteiger partial charge on any atom is -0.507 e. The van der Waals surface area contributed by atoms with E-state index in [2.05, 4.69) is 31.4 Å². The molecular formula is C10H8BrN3OS. The van der Waals surface area contributed by atoms with E-state index in [-0.39, 0.29) is 5.75 Å². The van der Waals surface area contributed by atoms with Gasteiger partial charge in [0.1, 0.15) is 5.75 Å². The van der Waals surface area contributed by atoms with E-state index in [1.165, 1.54) is 11.3 Å². The first kappa shape index (κ1) is 11.1. The van der Waals surface area contributed by atoms with Crippen molar-refractivity contribution in [3.8, 4) is 5.75 Å². The summed E-state index contributed by atoms with van der Waals surface area (Å²) in [7, 11) is 0. The molecule has 2 aromatic rings. The van der Waals surface area contributed by atoms with Gasteiger partial charge >= 0.3 is 0 Å². The highest BCUT2D eigenvalue weighted by Crippen LogP contribution is 2.20. The molecule has 0 amide bonds. The monoisotopic (exact) mass is 297 g/mol. The quantitative estimate of drug-likeness (QED) is 0.676. The number of benzene rings is 1. The number of aromatic nitrogens is 1. The zero-order valence-electron chi connectivity index (χ0n) is 8.09. The Hall–Kier alpha value is -1.40. The van der Waals surface area contributed by atoms with Crippen LogP contribution in [0.2, 0.25) is 0 Å². The van der Waals surface area contributed by atoms with Crippen LogP contribution in [0.4, 0.5) is 5.13 Å². The molecule has 0 unspecified atom stereocenters. The van der Waals surface area contributed by atoms with Gasteiger partial charge in [0.25, 0.3) is 0 Å².